The Hall–Kier alpha value is -1.59. The van der Waals surface area contributed by atoms with E-state index in [-0.39, 0.29) is 6.42 Å². The van der Waals surface area contributed by atoms with Gasteiger partial charge in [-0.15, -0.1) is 0 Å². The highest BCUT2D eigenvalue weighted by atomic mass is 32.2. The van der Waals surface area contributed by atoms with E-state index in [9.17, 15) is 22.8 Å². The molecule has 0 bridgehead atoms. The molecule has 0 spiro atoms. The maximum atomic E-state index is 11.9. The number of thioether (sulfide) groups is 1. The van der Waals surface area contributed by atoms with Gasteiger partial charge in [0.25, 0.3) is 5.56 Å². The lowest BCUT2D eigenvalue weighted by Gasteiger charge is -2.13. The first kappa shape index (κ1) is 16.5. The van der Waals surface area contributed by atoms with Gasteiger partial charge in [0.05, 0.1) is 0 Å². The number of rotatable bonds is 7. The van der Waals surface area contributed by atoms with Gasteiger partial charge in [-0.25, -0.2) is 13.2 Å². The number of carboxylic acid groups (broad SMARTS) is 1. The molecule has 11 heteroatoms. The summed E-state index contributed by atoms with van der Waals surface area (Å²) in [7, 11) is -4.34. The Morgan fingerprint density at radius 2 is 2.15 bits per heavy atom. The van der Waals surface area contributed by atoms with Crippen molar-refractivity contribution in [3.63, 3.8) is 0 Å². The number of carboxylic acids is 1. The van der Waals surface area contributed by atoms with Crippen LogP contribution in [0.3, 0.4) is 0 Å². The van der Waals surface area contributed by atoms with Gasteiger partial charge in [-0.05, 0) is 18.4 Å². The van der Waals surface area contributed by atoms with Gasteiger partial charge in [-0.2, -0.15) is 16.5 Å². The van der Waals surface area contributed by atoms with Gasteiger partial charge in [-0.1, -0.05) is 0 Å². The second-order valence-corrected chi connectivity index (χ2v) is 6.40. The molecule has 1 rings (SSSR count). The molecular formula is C9H13N3O6S2. The summed E-state index contributed by atoms with van der Waals surface area (Å²) in [5.41, 5.74) is -1.97. The van der Waals surface area contributed by atoms with Crippen molar-refractivity contribution in [3.05, 3.63) is 27.0 Å². The topological polar surface area (TPSA) is 149 Å². The predicted molar refractivity (Wildman–Crippen MR) is 72.4 cm³/mol. The van der Waals surface area contributed by atoms with E-state index in [1.165, 1.54) is 11.8 Å². The third kappa shape index (κ3) is 4.21. The maximum Gasteiger partial charge on any atom is 0.325 e. The van der Waals surface area contributed by atoms with Gasteiger partial charge in [0.2, 0.25) is 10.0 Å². The first-order chi connectivity index (χ1) is 9.27. The summed E-state index contributed by atoms with van der Waals surface area (Å²) in [6, 6.07) is -1.35. The lowest BCUT2D eigenvalue weighted by molar-refractivity contribution is -0.139. The second kappa shape index (κ2) is 6.72. The van der Waals surface area contributed by atoms with Crippen LogP contribution in [-0.2, 0) is 14.8 Å². The molecule has 0 saturated heterocycles. The number of H-pyrrole nitrogens is 2. The quantitative estimate of drug-likeness (QED) is 0.479. The van der Waals surface area contributed by atoms with Crippen LogP contribution >= 0.6 is 11.8 Å². The molecule has 0 aliphatic carbocycles. The van der Waals surface area contributed by atoms with Gasteiger partial charge in [0, 0.05) is 6.20 Å². The Kier molecular flexibility index (Phi) is 5.53. The smallest absolute Gasteiger partial charge is 0.325 e. The van der Waals surface area contributed by atoms with E-state index >= 15 is 0 Å². The molecule has 1 atom stereocenters. The fourth-order valence-corrected chi connectivity index (χ4v) is 3.02. The van der Waals surface area contributed by atoms with Crippen LogP contribution in [0.2, 0.25) is 0 Å². The Bertz CT molecular complexity index is 692. The number of aliphatic carboxylic acids is 1. The molecule has 0 aliphatic heterocycles. The second-order valence-electron chi connectivity index (χ2n) is 3.73. The van der Waals surface area contributed by atoms with Crippen LogP contribution < -0.4 is 16.0 Å². The SMILES string of the molecule is CSCC[C@H](NS(=O)(=O)c1c[nH]c(=O)[nH]c1=O)C(=O)O. The van der Waals surface area contributed by atoms with Crippen molar-refractivity contribution < 1.29 is 18.3 Å². The van der Waals surface area contributed by atoms with Crippen molar-refractivity contribution >= 4 is 27.8 Å². The molecule has 0 aromatic carbocycles. The third-order valence-electron chi connectivity index (χ3n) is 2.28. The first-order valence-electron chi connectivity index (χ1n) is 5.34. The number of aromatic nitrogens is 2. The molecule has 1 aromatic heterocycles. The third-order valence-corrected chi connectivity index (χ3v) is 4.40. The molecule has 20 heavy (non-hydrogen) atoms. The molecule has 9 nitrogen and oxygen atoms in total. The molecule has 1 aromatic rings. The van der Waals surface area contributed by atoms with E-state index in [1.807, 2.05) is 9.71 Å². The largest absolute Gasteiger partial charge is 0.480 e. The number of aromatic amines is 2. The van der Waals surface area contributed by atoms with Gasteiger partial charge in [0.15, 0.2) is 4.90 Å². The van der Waals surface area contributed by atoms with Crippen LogP contribution in [0.5, 0.6) is 0 Å². The van der Waals surface area contributed by atoms with Crippen LogP contribution in [-0.4, -0.2) is 47.5 Å². The fraction of sp³-hybridized carbons (Fsp3) is 0.444. The molecule has 0 fully saturated rings. The summed E-state index contributed by atoms with van der Waals surface area (Å²) in [5, 5.41) is 8.94. The Morgan fingerprint density at radius 3 is 2.65 bits per heavy atom. The standard InChI is InChI=1S/C9H13N3O6S2/c1-19-3-2-5(8(14)15)12-20(17,18)6-4-10-9(16)11-7(6)13/h4-5,12H,2-3H2,1H3,(H,14,15)(H2,10,11,13,16)/t5-/m0/s1. The number of sulfonamides is 1. The zero-order chi connectivity index (χ0) is 15.3. The van der Waals surface area contributed by atoms with Crippen molar-refractivity contribution in [2.24, 2.45) is 0 Å². The lowest BCUT2D eigenvalue weighted by atomic mass is 10.2. The number of nitrogens with one attached hydrogen (secondary N) is 3. The zero-order valence-electron chi connectivity index (χ0n) is 10.4. The van der Waals surface area contributed by atoms with Crippen molar-refractivity contribution in [1.82, 2.24) is 14.7 Å². The Balaban J connectivity index is 3.06. The summed E-state index contributed by atoms with van der Waals surface area (Å²) in [6.07, 6.45) is 2.54. The molecule has 0 aliphatic rings. The van der Waals surface area contributed by atoms with E-state index < -0.39 is 38.2 Å². The summed E-state index contributed by atoms with van der Waals surface area (Å²) in [6.45, 7) is 0. The number of hydrogen-bond acceptors (Lipinski definition) is 6. The van der Waals surface area contributed by atoms with Gasteiger partial charge in [0.1, 0.15) is 6.04 Å². The predicted octanol–water partition coefficient (Wildman–Crippen LogP) is -1.45. The van der Waals surface area contributed by atoms with Crippen molar-refractivity contribution in [3.8, 4) is 0 Å². The van der Waals surface area contributed by atoms with Crippen LogP contribution in [0.25, 0.3) is 0 Å². The molecule has 4 N–H and O–H groups in total. The van der Waals surface area contributed by atoms with Crippen LogP contribution in [0, 0.1) is 0 Å². The highest BCUT2D eigenvalue weighted by Gasteiger charge is 2.27. The summed E-state index contributed by atoms with van der Waals surface area (Å²) >= 11 is 1.36. The van der Waals surface area contributed by atoms with Gasteiger partial charge >= 0.3 is 11.7 Å². The lowest BCUT2D eigenvalue weighted by Crippen LogP contribution is -2.43. The maximum absolute atomic E-state index is 11.9. The molecule has 0 amide bonds. The average Bonchev–Trinajstić information content (AvgIpc) is 2.33. The minimum Gasteiger partial charge on any atom is -0.480 e. The van der Waals surface area contributed by atoms with Crippen LogP contribution in [0.4, 0.5) is 0 Å². The summed E-state index contributed by atoms with van der Waals surface area (Å²) < 4.78 is 25.8. The minimum atomic E-state index is -4.34. The molecule has 0 saturated carbocycles. The molecule has 112 valence electrons. The van der Waals surface area contributed by atoms with Crippen molar-refractivity contribution in [2.45, 2.75) is 17.4 Å². The number of carbonyl (C=O) groups is 1. The average molecular weight is 323 g/mol. The fourth-order valence-electron chi connectivity index (χ4n) is 1.32. The highest BCUT2D eigenvalue weighted by molar-refractivity contribution is 7.98. The molecule has 1 heterocycles. The number of hydrogen-bond donors (Lipinski definition) is 4. The van der Waals surface area contributed by atoms with E-state index in [4.69, 9.17) is 5.11 Å². The van der Waals surface area contributed by atoms with E-state index in [2.05, 4.69) is 0 Å². The van der Waals surface area contributed by atoms with Crippen molar-refractivity contribution in [1.29, 1.82) is 0 Å². The zero-order valence-corrected chi connectivity index (χ0v) is 12.0. The van der Waals surface area contributed by atoms with Crippen LogP contribution in [0.1, 0.15) is 6.42 Å². The summed E-state index contributed by atoms with van der Waals surface area (Å²) in [5.74, 6) is -0.912. The van der Waals surface area contributed by atoms with E-state index in [0.29, 0.717) is 5.75 Å². The van der Waals surface area contributed by atoms with Crippen LogP contribution in [0.15, 0.2) is 20.7 Å². The van der Waals surface area contributed by atoms with E-state index in [0.717, 1.165) is 6.20 Å². The Labute approximate surface area is 117 Å². The normalized spacial score (nSPS) is 13.1. The minimum absolute atomic E-state index is 0.0665. The monoisotopic (exact) mass is 323 g/mol. The first-order valence-corrected chi connectivity index (χ1v) is 8.21. The Morgan fingerprint density at radius 1 is 1.50 bits per heavy atom. The molecule has 0 radical (unpaired) electrons. The van der Waals surface area contributed by atoms with Crippen molar-refractivity contribution in [2.75, 3.05) is 12.0 Å². The summed E-state index contributed by atoms with van der Waals surface area (Å²) in [4.78, 5) is 36.2. The van der Waals surface area contributed by atoms with E-state index in [1.54, 1.807) is 11.2 Å². The molecular weight excluding hydrogens is 310 g/mol. The highest BCUT2D eigenvalue weighted by Crippen LogP contribution is 2.06. The van der Waals surface area contributed by atoms with Gasteiger partial charge in [-0.3, -0.25) is 14.6 Å². The van der Waals surface area contributed by atoms with Gasteiger partial charge < -0.3 is 10.1 Å². The molecule has 0 unspecified atom stereocenters.